The molecule has 0 spiro atoms. The highest BCUT2D eigenvalue weighted by molar-refractivity contribution is 7.99. The predicted molar refractivity (Wildman–Crippen MR) is 230 cm³/mol. The minimum Gasteiger partial charge on any atom is -0.508 e. The van der Waals surface area contributed by atoms with Crippen molar-refractivity contribution in [1.29, 1.82) is 0 Å². The number of ether oxygens (including phenoxy) is 2. The molecule has 0 aromatic heterocycles. The van der Waals surface area contributed by atoms with Gasteiger partial charge in [0.2, 0.25) is 11.8 Å². The molecule has 294 valence electrons. The van der Waals surface area contributed by atoms with Gasteiger partial charge in [0.15, 0.2) is 0 Å². The molecule has 0 aliphatic carbocycles. The Bertz CT molecular complexity index is 1950. The topological polar surface area (TPSA) is 79.3 Å². The summed E-state index contributed by atoms with van der Waals surface area (Å²) in [5, 5.41) is 9.54. The largest absolute Gasteiger partial charge is 0.508 e. The van der Waals surface area contributed by atoms with Crippen molar-refractivity contribution in [2.45, 2.75) is 56.8 Å². The third-order valence-electron chi connectivity index (χ3n) is 9.05. The van der Waals surface area contributed by atoms with E-state index in [9.17, 15) is 14.7 Å². The number of nitrogens with zero attached hydrogens (tertiary/aromatic N) is 2. The molecule has 0 saturated carbocycles. The van der Waals surface area contributed by atoms with E-state index in [1.807, 2.05) is 119 Å². The molecule has 2 amide bonds. The smallest absolute Gasteiger partial charge is 0.223 e. The van der Waals surface area contributed by atoms with E-state index in [1.165, 1.54) is 0 Å². The maximum Gasteiger partial charge on any atom is 0.223 e. The van der Waals surface area contributed by atoms with Crippen LogP contribution < -0.4 is 9.47 Å². The normalized spacial score (nSPS) is 10.5. The van der Waals surface area contributed by atoms with Crippen molar-refractivity contribution in [2.75, 3.05) is 19.5 Å². The number of phenols is 1. The van der Waals surface area contributed by atoms with Crippen LogP contribution >= 0.6 is 11.8 Å². The number of carbonyl (C=O) groups is 2. The lowest BCUT2D eigenvalue weighted by Gasteiger charge is -2.23. The van der Waals surface area contributed by atoms with Crippen LogP contribution in [0.2, 0.25) is 0 Å². The Morgan fingerprint density at radius 3 is 1.37 bits per heavy atom. The van der Waals surface area contributed by atoms with Crippen LogP contribution in [0, 0.1) is 0 Å². The number of thioether (sulfide) groups is 1. The van der Waals surface area contributed by atoms with E-state index in [4.69, 9.17) is 9.47 Å². The number of aromatic hydroxyl groups is 1. The monoisotopic (exact) mass is 780 g/mol. The third-order valence-corrected chi connectivity index (χ3v) is 10.1. The first-order chi connectivity index (χ1) is 27.9. The van der Waals surface area contributed by atoms with Crippen LogP contribution in [0.15, 0.2) is 175 Å². The number of methoxy groups -OCH3 is 1. The van der Waals surface area contributed by atoms with Gasteiger partial charge in [-0.15, -0.1) is 11.8 Å². The van der Waals surface area contributed by atoms with Crippen LogP contribution in [-0.4, -0.2) is 46.2 Å². The fraction of sp³-hybridized carbons (Fsp3) is 0.224. The first kappa shape index (κ1) is 42.2. The highest BCUT2D eigenvalue weighted by atomic mass is 32.2. The summed E-state index contributed by atoms with van der Waals surface area (Å²) in [4.78, 5) is 30.7. The van der Waals surface area contributed by atoms with Crippen LogP contribution in [-0.2, 0) is 35.8 Å². The van der Waals surface area contributed by atoms with Gasteiger partial charge >= 0.3 is 0 Å². The molecular weight excluding hydrogens is 729 g/mol. The lowest BCUT2D eigenvalue weighted by atomic mass is 10.1. The highest BCUT2D eigenvalue weighted by Crippen LogP contribution is 2.24. The summed E-state index contributed by atoms with van der Waals surface area (Å²) >= 11 is 1.67. The molecule has 0 radical (unpaired) electrons. The molecule has 0 bridgehead atoms. The number of rotatable bonds is 19. The van der Waals surface area contributed by atoms with Crippen molar-refractivity contribution in [3.05, 3.63) is 192 Å². The lowest BCUT2D eigenvalue weighted by molar-refractivity contribution is -0.133. The second-order valence-electron chi connectivity index (χ2n) is 13.5. The molecule has 0 aliphatic rings. The number of phenolic OH excluding ortho intramolecular Hbond substituents is 1. The summed E-state index contributed by atoms with van der Waals surface area (Å²) in [7, 11) is 1.64. The molecule has 57 heavy (non-hydrogen) atoms. The number of hydrogen-bond acceptors (Lipinski definition) is 6. The van der Waals surface area contributed by atoms with E-state index in [0.717, 1.165) is 50.8 Å². The zero-order valence-corrected chi connectivity index (χ0v) is 33.4. The van der Waals surface area contributed by atoms with E-state index < -0.39 is 0 Å². The maximum atomic E-state index is 12.9. The van der Waals surface area contributed by atoms with Crippen LogP contribution in [0.5, 0.6) is 17.2 Å². The fourth-order valence-corrected chi connectivity index (χ4v) is 6.97. The summed E-state index contributed by atoms with van der Waals surface area (Å²) in [6, 6.07) is 55.2. The van der Waals surface area contributed by atoms with Crippen LogP contribution in [0.4, 0.5) is 0 Å². The van der Waals surface area contributed by atoms with Crippen molar-refractivity contribution in [1.82, 2.24) is 9.80 Å². The second-order valence-corrected chi connectivity index (χ2v) is 14.7. The minimum atomic E-state index is 0.135. The Hall–Kier alpha value is -5.99. The average Bonchev–Trinajstić information content (AvgIpc) is 3.25. The average molecular weight is 781 g/mol. The summed E-state index contributed by atoms with van der Waals surface area (Å²) < 4.78 is 10.9. The Labute approximate surface area is 341 Å². The number of amides is 2. The molecule has 8 heteroatoms. The van der Waals surface area contributed by atoms with Crippen LogP contribution in [0.1, 0.15) is 47.9 Å². The minimum absolute atomic E-state index is 0.135. The van der Waals surface area contributed by atoms with Crippen LogP contribution in [0.3, 0.4) is 0 Å². The molecule has 0 heterocycles. The van der Waals surface area contributed by atoms with Gasteiger partial charge in [0.25, 0.3) is 0 Å². The fourth-order valence-electron chi connectivity index (χ4n) is 6.07. The summed E-state index contributed by atoms with van der Waals surface area (Å²) in [5.74, 6) is 3.01. The van der Waals surface area contributed by atoms with Gasteiger partial charge in [0.1, 0.15) is 17.2 Å². The van der Waals surface area contributed by atoms with E-state index in [2.05, 4.69) is 48.5 Å². The molecule has 0 fully saturated rings. The second kappa shape index (κ2) is 23.8. The summed E-state index contributed by atoms with van der Waals surface area (Å²) in [6.07, 6.45) is 2.45. The zero-order chi connectivity index (χ0) is 39.9. The Morgan fingerprint density at radius 1 is 0.526 bits per heavy atom. The Balaban J connectivity index is 0.000000218. The van der Waals surface area contributed by atoms with Crippen molar-refractivity contribution in [2.24, 2.45) is 0 Å². The Kier molecular flexibility index (Phi) is 17.6. The van der Waals surface area contributed by atoms with Crippen LogP contribution in [0.25, 0.3) is 0 Å². The van der Waals surface area contributed by atoms with E-state index in [1.54, 1.807) is 31.0 Å². The van der Waals surface area contributed by atoms with Gasteiger partial charge in [-0.2, -0.15) is 0 Å². The van der Waals surface area contributed by atoms with E-state index >= 15 is 0 Å². The number of hydrogen-bond donors (Lipinski definition) is 1. The van der Waals surface area contributed by atoms with E-state index in [0.29, 0.717) is 52.0 Å². The van der Waals surface area contributed by atoms with Gasteiger partial charge in [-0.3, -0.25) is 9.59 Å². The predicted octanol–water partition coefficient (Wildman–Crippen LogP) is 10.6. The molecule has 0 unspecified atom stereocenters. The molecule has 1 N–H and O–H groups in total. The molecule has 7 nitrogen and oxygen atoms in total. The van der Waals surface area contributed by atoms with Gasteiger partial charge in [-0.25, -0.2) is 0 Å². The summed E-state index contributed by atoms with van der Waals surface area (Å²) in [6.45, 7) is 2.95. The SMILES string of the molecule is COc1ccc(OCCCC(=O)N(Cc2ccccc2)Cc2ccccc2)cc1.O=C(CCCSc1cccc(O)c1)N(Cc1ccccc1)Cc1ccccc1. The van der Waals surface area contributed by atoms with E-state index in [-0.39, 0.29) is 17.6 Å². The maximum absolute atomic E-state index is 12.9. The summed E-state index contributed by atoms with van der Waals surface area (Å²) in [5.41, 5.74) is 4.54. The molecule has 6 aromatic rings. The van der Waals surface area contributed by atoms with Gasteiger partial charge in [-0.05, 0) is 83.3 Å². The molecule has 0 atom stereocenters. The highest BCUT2D eigenvalue weighted by Gasteiger charge is 2.16. The van der Waals surface area contributed by atoms with Crippen molar-refractivity contribution < 1.29 is 24.2 Å². The Morgan fingerprint density at radius 2 is 0.947 bits per heavy atom. The first-order valence-electron chi connectivity index (χ1n) is 19.3. The third kappa shape index (κ3) is 15.6. The zero-order valence-electron chi connectivity index (χ0n) is 32.6. The number of benzene rings is 6. The molecule has 0 aliphatic heterocycles. The molecule has 6 aromatic carbocycles. The molecule has 0 saturated heterocycles. The van der Waals surface area contributed by atoms with Crippen molar-refractivity contribution in [3.8, 4) is 17.2 Å². The molecular formula is C49H52N2O5S. The van der Waals surface area contributed by atoms with Crippen molar-refractivity contribution in [3.63, 3.8) is 0 Å². The van der Waals surface area contributed by atoms with Crippen molar-refractivity contribution >= 4 is 23.6 Å². The quantitative estimate of drug-likeness (QED) is 0.0651. The van der Waals surface area contributed by atoms with Gasteiger partial charge in [0, 0.05) is 43.9 Å². The van der Waals surface area contributed by atoms with Gasteiger partial charge in [0.05, 0.1) is 13.7 Å². The number of carbonyl (C=O) groups excluding carboxylic acids is 2. The molecule has 6 rings (SSSR count). The first-order valence-corrected chi connectivity index (χ1v) is 20.3. The lowest BCUT2D eigenvalue weighted by Crippen LogP contribution is -2.30. The standard InChI is InChI=1S/C25H27NO3.C24H25NO2S/c1-28-23-14-16-24(17-15-23)29-18-8-13-25(27)26(19-21-9-4-2-5-10-21)20-22-11-6-3-7-12-22;26-22-13-7-14-23(17-22)28-16-8-15-24(27)25(18-20-9-3-1-4-10-20)19-21-11-5-2-6-12-21/h2-7,9-12,14-17H,8,13,18-20H2,1H3;1-7,9-14,17,26H,8,15-16,18-19H2. The van der Waals surface area contributed by atoms with Gasteiger partial charge < -0.3 is 24.4 Å². The van der Waals surface area contributed by atoms with Gasteiger partial charge in [-0.1, -0.05) is 127 Å².